The molecule has 0 saturated carbocycles. The molecule has 1 saturated heterocycles. The quantitative estimate of drug-likeness (QED) is 0.790. The van der Waals surface area contributed by atoms with Gasteiger partial charge in [0.1, 0.15) is 6.04 Å². The molecule has 0 aromatic rings. The minimum atomic E-state index is -0.979. The van der Waals surface area contributed by atoms with Crippen LogP contribution in [0.25, 0.3) is 0 Å². The van der Waals surface area contributed by atoms with Gasteiger partial charge in [-0.2, -0.15) is 0 Å². The number of carbonyl (C=O) groups is 2. The summed E-state index contributed by atoms with van der Waals surface area (Å²) in [7, 11) is 1.51. The van der Waals surface area contributed by atoms with Crippen LogP contribution in [0.1, 0.15) is 33.1 Å². The standard InChI is InChI=1S/C12H22N2O4/c1-4-9(10(15)16)14(3)11(17)13-12(2)5-7-18-8-6-12/h9H,4-8H2,1-3H3,(H,13,17)(H,15,16). The summed E-state index contributed by atoms with van der Waals surface area (Å²) in [4.78, 5) is 24.3. The van der Waals surface area contributed by atoms with Crippen LogP contribution < -0.4 is 5.32 Å². The molecule has 2 amide bonds. The van der Waals surface area contributed by atoms with Gasteiger partial charge >= 0.3 is 12.0 Å². The highest BCUT2D eigenvalue weighted by Crippen LogP contribution is 2.20. The second kappa shape index (κ2) is 6.04. The summed E-state index contributed by atoms with van der Waals surface area (Å²) in [6, 6.07) is -1.12. The number of carbonyl (C=O) groups excluding carboxylic acids is 1. The summed E-state index contributed by atoms with van der Waals surface area (Å²) in [6.07, 6.45) is 1.88. The molecule has 1 aliphatic heterocycles. The fourth-order valence-electron chi connectivity index (χ4n) is 2.05. The molecule has 0 bridgehead atoms. The lowest BCUT2D eigenvalue weighted by Crippen LogP contribution is -2.56. The van der Waals surface area contributed by atoms with Gasteiger partial charge in [-0.3, -0.25) is 0 Å². The number of ether oxygens (including phenoxy) is 1. The highest BCUT2D eigenvalue weighted by Gasteiger charge is 2.32. The zero-order chi connectivity index (χ0) is 13.8. The first-order chi connectivity index (χ1) is 8.39. The Bertz CT molecular complexity index is 313. The minimum Gasteiger partial charge on any atom is -0.480 e. The van der Waals surface area contributed by atoms with Gasteiger partial charge in [0, 0.05) is 25.8 Å². The SMILES string of the molecule is CCC(C(=O)O)N(C)C(=O)NC1(C)CCOCC1. The molecule has 1 rings (SSSR count). The highest BCUT2D eigenvalue weighted by molar-refractivity contribution is 5.82. The Morgan fingerprint density at radius 1 is 1.44 bits per heavy atom. The largest absolute Gasteiger partial charge is 0.480 e. The Morgan fingerprint density at radius 3 is 2.44 bits per heavy atom. The number of amides is 2. The maximum Gasteiger partial charge on any atom is 0.326 e. The monoisotopic (exact) mass is 258 g/mol. The molecule has 6 nitrogen and oxygen atoms in total. The van der Waals surface area contributed by atoms with Gasteiger partial charge < -0.3 is 20.1 Å². The molecule has 0 radical (unpaired) electrons. The van der Waals surface area contributed by atoms with Crippen LogP contribution in [-0.4, -0.2) is 53.8 Å². The predicted octanol–water partition coefficient (Wildman–Crippen LogP) is 1.06. The van der Waals surface area contributed by atoms with Crippen molar-refractivity contribution in [3.63, 3.8) is 0 Å². The molecule has 0 aliphatic carbocycles. The molecule has 2 N–H and O–H groups in total. The fraction of sp³-hybridized carbons (Fsp3) is 0.833. The number of nitrogens with zero attached hydrogens (tertiary/aromatic N) is 1. The maximum atomic E-state index is 12.0. The van der Waals surface area contributed by atoms with Gasteiger partial charge in [0.05, 0.1) is 0 Å². The van der Waals surface area contributed by atoms with Gasteiger partial charge in [0.25, 0.3) is 0 Å². The van der Waals surface area contributed by atoms with E-state index in [1.807, 2.05) is 6.92 Å². The van der Waals surface area contributed by atoms with E-state index < -0.39 is 12.0 Å². The van der Waals surface area contributed by atoms with E-state index in [1.54, 1.807) is 6.92 Å². The molecule has 0 aromatic carbocycles. The van der Waals surface area contributed by atoms with Crippen LogP contribution in [-0.2, 0) is 9.53 Å². The molecule has 1 fully saturated rings. The van der Waals surface area contributed by atoms with Crippen LogP contribution in [0.3, 0.4) is 0 Å². The van der Waals surface area contributed by atoms with Gasteiger partial charge in [-0.05, 0) is 26.2 Å². The van der Waals surface area contributed by atoms with Gasteiger partial charge in [-0.15, -0.1) is 0 Å². The van der Waals surface area contributed by atoms with Crippen molar-refractivity contribution in [1.29, 1.82) is 0 Å². The van der Waals surface area contributed by atoms with Crippen LogP contribution in [0, 0.1) is 0 Å². The molecule has 1 heterocycles. The average molecular weight is 258 g/mol. The van der Waals surface area contributed by atoms with Crippen molar-refractivity contribution < 1.29 is 19.4 Å². The van der Waals surface area contributed by atoms with Gasteiger partial charge in [0.2, 0.25) is 0 Å². The molecule has 0 aromatic heterocycles. The lowest BCUT2D eigenvalue weighted by molar-refractivity contribution is -0.141. The summed E-state index contributed by atoms with van der Waals surface area (Å²) < 4.78 is 5.25. The van der Waals surface area contributed by atoms with Crippen molar-refractivity contribution in [2.24, 2.45) is 0 Å². The van der Waals surface area contributed by atoms with Crippen molar-refractivity contribution in [2.45, 2.75) is 44.7 Å². The van der Waals surface area contributed by atoms with Crippen LogP contribution in [0.15, 0.2) is 0 Å². The second-order valence-corrected chi connectivity index (χ2v) is 4.98. The molecular weight excluding hydrogens is 236 g/mol. The van der Waals surface area contributed by atoms with E-state index in [0.29, 0.717) is 19.6 Å². The number of urea groups is 1. The lowest BCUT2D eigenvalue weighted by Gasteiger charge is -2.36. The number of aliphatic carboxylic acids is 1. The van der Waals surface area contributed by atoms with Crippen LogP contribution >= 0.6 is 0 Å². The molecule has 1 aliphatic rings. The van der Waals surface area contributed by atoms with Crippen LogP contribution in [0.4, 0.5) is 4.79 Å². The first kappa shape index (κ1) is 14.8. The summed E-state index contributed by atoms with van der Waals surface area (Å²) in [5.41, 5.74) is -0.305. The van der Waals surface area contributed by atoms with E-state index in [1.165, 1.54) is 11.9 Å². The molecule has 1 unspecified atom stereocenters. The van der Waals surface area contributed by atoms with Crippen molar-refractivity contribution in [1.82, 2.24) is 10.2 Å². The summed E-state index contributed by atoms with van der Waals surface area (Å²) in [5.74, 6) is -0.979. The van der Waals surface area contributed by atoms with Crippen molar-refractivity contribution in [3.8, 4) is 0 Å². The van der Waals surface area contributed by atoms with E-state index in [2.05, 4.69) is 5.32 Å². The third-order valence-electron chi connectivity index (χ3n) is 3.46. The van der Waals surface area contributed by atoms with E-state index >= 15 is 0 Å². The summed E-state index contributed by atoms with van der Waals surface area (Å²) in [6.45, 7) is 4.95. The van der Waals surface area contributed by atoms with Gasteiger partial charge in [-0.25, -0.2) is 9.59 Å². The third-order valence-corrected chi connectivity index (χ3v) is 3.46. The molecule has 6 heteroatoms. The summed E-state index contributed by atoms with van der Waals surface area (Å²) >= 11 is 0. The molecule has 18 heavy (non-hydrogen) atoms. The number of carboxylic acid groups (broad SMARTS) is 1. The van der Waals surface area contributed by atoms with Crippen molar-refractivity contribution >= 4 is 12.0 Å². The maximum absolute atomic E-state index is 12.0. The molecule has 0 spiro atoms. The topological polar surface area (TPSA) is 78.9 Å². The van der Waals surface area contributed by atoms with Crippen molar-refractivity contribution in [2.75, 3.05) is 20.3 Å². The van der Waals surface area contributed by atoms with E-state index in [-0.39, 0.29) is 11.6 Å². The zero-order valence-corrected chi connectivity index (χ0v) is 11.2. The average Bonchev–Trinajstić information content (AvgIpc) is 2.29. The number of hydrogen-bond donors (Lipinski definition) is 2. The Balaban J connectivity index is 2.60. The molecular formula is C12H22N2O4. The highest BCUT2D eigenvalue weighted by atomic mass is 16.5. The molecule has 1 atom stereocenters. The Kier molecular flexibility index (Phi) is 4.95. The fourth-order valence-corrected chi connectivity index (χ4v) is 2.05. The third kappa shape index (κ3) is 3.60. The van der Waals surface area contributed by atoms with E-state index in [0.717, 1.165) is 12.8 Å². The second-order valence-electron chi connectivity index (χ2n) is 4.98. The Labute approximate surface area is 107 Å². The number of rotatable bonds is 4. The van der Waals surface area contributed by atoms with Crippen LogP contribution in [0.5, 0.6) is 0 Å². The zero-order valence-electron chi connectivity index (χ0n) is 11.2. The van der Waals surface area contributed by atoms with E-state index in [9.17, 15) is 9.59 Å². The first-order valence-electron chi connectivity index (χ1n) is 6.25. The Morgan fingerprint density at radius 2 is 2.00 bits per heavy atom. The molecule has 104 valence electrons. The lowest BCUT2D eigenvalue weighted by atomic mass is 9.93. The number of likely N-dealkylation sites (N-methyl/N-ethyl adjacent to an activating group) is 1. The Hall–Kier alpha value is -1.30. The number of carboxylic acids is 1. The van der Waals surface area contributed by atoms with Gasteiger partial charge in [-0.1, -0.05) is 6.92 Å². The van der Waals surface area contributed by atoms with E-state index in [4.69, 9.17) is 9.84 Å². The van der Waals surface area contributed by atoms with Gasteiger partial charge in [0.15, 0.2) is 0 Å². The van der Waals surface area contributed by atoms with Crippen molar-refractivity contribution in [3.05, 3.63) is 0 Å². The summed E-state index contributed by atoms with van der Waals surface area (Å²) in [5, 5.41) is 11.9. The first-order valence-corrected chi connectivity index (χ1v) is 6.25. The minimum absolute atomic E-state index is 0.305. The van der Waals surface area contributed by atoms with Crippen LogP contribution in [0.2, 0.25) is 0 Å². The number of hydrogen-bond acceptors (Lipinski definition) is 3. The normalized spacial score (nSPS) is 19.9. The smallest absolute Gasteiger partial charge is 0.326 e. The predicted molar refractivity (Wildman–Crippen MR) is 66.5 cm³/mol. The number of nitrogens with one attached hydrogen (secondary N) is 1.